The molecule has 0 fully saturated rings. The van der Waals surface area contributed by atoms with Crippen LogP contribution in [0, 0.1) is 6.92 Å². The summed E-state index contributed by atoms with van der Waals surface area (Å²) in [5.74, 6) is -0.817. The van der Waals surface area contributed by atoms with E-state index in [1.165, 1.54) is 7.11 Å². The molecule has 0 heterocycles. The second kappa shape index (κ2) is 6.64. The van der Waals surface area contributed by atoms with E-state index in [1.807, 2.05) is 32.0 Å². The van der Waals surface area contributed by atoms with E-state index in [1.54, 1.807) is 0 Å². The topological polar surface area (TPSA) is 64.6 Å². The van der Waals surface area contributed by atoms with E-state index in [4.69, 9.17) is 4.74 Å². The van der Waals surface area contributed by atoms with Gasteiger partial charge in [-0.25, -0.2) is 4.79 Å². The Morgan fingerprint density at radius 3 is 2.61 bits per heavy atom. The summed E-state index contributed by atoms with van der Waals surface area (Å²) < 4.78 is 9.72. The summed E-state index contributed by atoms with van der Waals surface area (Å²) in [4.78, 5) is 22.1. The summed E-state index contributed by atoms with van der Waals surface area (Å²) in [6.45, 7) is 4.74. The molecule has 1 rings (SSSR count). The Kier molecular flexibility index (Phi) is 5.17. The average Bonchev–Trinajstić information content (AvgIpc) is 2.38. The number of ether oxygens (including phenoxy) is 2. The van der Waals surface area contributed by atoms with Gasteiger partial charge in [0.15, 0.2) is 0 Å². The summed E-state index contributed by atoms with van der Waals surface area (Å²) >= 11 is 0. The Morgan fingerprint density at radius 1 is 1.33 bits per heavy atom. The van der Waals surface area contributed by atoms with Crippen molar-refractivity contribution in [1.29, 1.82) is 0 Å². The van der Waals surface area contributed by atoms with Crippen LogP contribution in [0.4, 0.5) is 0 Å². The molecule has 5 nitrogen and oxygen atoms in total. The van der Waals surface area contributed by atoms with Gasteiger partial charge in [-0.05, 0) is 31.0 Å². The molecule has 0 aromatic heterocycles. The highest BCUT2D eigenvalue weighted by molar-refractivity contribution is 6.32. The van der Waals surface area contributed by atoms with E-state index < -0.39 is 11.9 Å². The molecule has 0 saturated heterocycles. The van der Waals surface area contributed by atoms with Crippen molar-refractivity contribution < 1.29 is 19.1 Å². The highest BCUT2D eigenvalue weighted by Gasteiger charge is 2.12. The third-order valence-electron chi connectivity index (χ3n) is 2.36. The van der Waals surface area contributed by atoms with Gasteiger partial charge in [-0.2, -0.15) is 0 Å². The lowest BCUT2D eigenvalue weighted by Crippen LogP contribution is -2.31. The van der Waals surface area contributed by atoms with Gasteiger partial charge in [-0.3, -0.25) is 4.79 Å². The van der Waals surface area contributed by atoms with Gasteiger partial charge in [-0.1, -0.05) is 12.1 Å². The number of carbonyl (C=O) groups is 2. The Morgan fingerprint density at radius 2 is 2.06 bits per heavy atom. The Balaban J connectivity index is 2.61. The van der Waals surface area contributed by atoms with Crippen LogP contribution in [0.1, 0.15) is 18.1 Å². The van der Waals surface area contributed by atoms with Crippen molar-refractivity contribution in [3.05, 3.63) is 29.3 Å². The lowest BCUT2D eigenvalue weighted by molar-refractivity contribution is -0.152. The summed E-state index contributed by atoms with van der Waals surface area (Å²) in [7, 11) is 1.17. The van der Waals surface area contributed by atoms with Gasteiger partial charge < -0.3 is 14.8 Å². The number of carbonyl (C=O) groups excluding carboxylic acids is 2. The fourth-order valence-corrected chi connectivity index (χ4v) is 1.49. The van der Waals surface area contributed by atoms with Gasteiger partial charge in [-0.15, -0.1) is 0 Å². The fourth-order valence-electron chi connectivity index (χ4n) is 1.49. The number of amides is 1. The molecule has 0 saturated carbocycles. The zero-order valence-electron chi connectivity index (χ0n) is 10.8. The van der Waals surface area contributed by atoms with Crippen LogP contribution in [0.2, 0.25) is 0 Å². The molecule has 1 aromatic rings. The molecular weight excluding hydrogens is 234 g/mol. The highest BCUT2D eigenvalue weighted by Crippen LogP contribution is 2.18. The largest absolute Gasteiger partial charge is 0.494 e. The van der Waals surface area contributed by atoms with Gasteiger partial charge >= 0.3 is 11.9 Å². The van der Waals surface area contributed by atoms with Crippen LogP contribution in [0.25, 0.3) is 0 Å². The molecule has 1 aromatic carbocycles. The summed E-state index contributed by atoms with van der Waals surface area (Å²) in [5.41, 5.74) is 1.88. The second-order valence-electron chi connectivity index (χ2n) is 3.71. The van der Waals surface area contributed by atoms with Crippen molar-refractivity contribution in [1.82, 2.24) is 5.32 Å². The number of hydrogen-bond donors (Lipinski definition) is 1. The molecule has 0 aliphatic rings. The molecule has 0 radical (unpaired) electrons. The van der Waals surface area contributed by atoms with Crippen LogP contribution >= 0.6 is 0 Å². The van der Waals surface area contributed by atoms with Gasteiger partial charge in [0.1, 0.15) is 5.75 Å². The predicted molar refractivity (Wildman–Crippen MR) is 66.2 cm³/mol. The van der Waals surface area contributed by atoms with Crippen LogP contribution in [-0.2, 0) is 20.9 Å². The van der Waals surface area contributed by atoms with Crippen LogP contribution in [0.15, 0.2) is 18.2 Å². The SMILES string of the molecule is CCOc1ccc(CNC(=O)C(=O)OC)cc1C. The first-order chi connectivity index (χ1) is 8.58. The number of nitrogens with one attached hydrogen (secondary N) is 1. The third-order valence-corrected chi connectivity index (χ3v) is 2.36. The molecule has 0 unspecified atom stereocenters. The average molecular weight is 251 g/mol. The van der Waals surface area contributed by atoms with E-state index in [0.717, 1.165) is 16.9 Å². The minimum Gasteiger partial charge on any atom is -0.494 e. The predicted octanol–water partition coefficient (Wildman–Crippen LogP) is 1.18. The zero-order valence-corrected chi connectivity index (χ0v) is 10.8. The van der Waals surface area contributed by atoms with Crippen molar-refractivity contribution in [2.24, 2.45) is 0 Å². The molecule has 18 heavy (non-hydrogen) atoms. The normalized spacial score (nSPS) is 9.72. The summed E-state index contributed by atoms with van der Waals surface area (Å²) in [5, 5.41) is 2.47. The van der Waals surface area contributed by atoms with E-state index >= 15 is 0 Å². The molecule has 0 spiro atoms. The van der Waals surface area contributed by atoms with Gasteiger partial charge in [0.25, 0.3) is 0 Å². The summed E-state index contributed by atoms with van der Waals surface area (Å²) in [6, 6.07) is 5.59. The van der Waals surface area contributed by atoms with Gasteiger partial charge in [0, 0.05) is 6.54 Å². The minimum absolute atomic E-state index is 0.279. The second-order valence-corrected chi connectivity index (χ2v) is 3.71. The van der Waals surface area contributed by atoms with Gasteiger partial charge in [0.2, 0.25) is 0 Å². The monoisotopic (exact) mass is 251 g/mol. The van der Waals surface area contributed by atoms with Crippen LogP contribution in [-0.4, -0.2) is 25.6 Å². The lowest BCUT2D eigenvalue weighted by atomic mass is 10.1. The highest BCUT2D eigenvalue weighted by atomic mass is 16.5. The maximum absolute atomic E-state index is 11.2. The number of benzene rings is 1. The maximum atomic E-state index is 11.2. The smallest absolute Gasteiger partial charge is 0.396 e. The van der Waals surface area contributed by atoms with E-state index in [-0.39, 0.29) is 6.54 Å². The standard InChI is InChI=1S/C13H17NO4/c1-4-18-11-6-5-10(7-9(11)2)8-14-12(15)13(16)17-3/h5-7H,4,8H2,1-3H3,(H,14,15). The molecule has 1 N–H and O–H groups in total. The zero-order chi connectivity index (χ0) is 13.5. The fraction of sp³-hybridized carbons (Fsp3) is 0.385. The molecule has 98 valence electrons. The molecular formula is C13H17NO4. The first-order valence-electron chi connectivity index (χ1n) is 5.67. The van der Waals surface area contributed by atoms with Crippen LogP contribution in [0.3, 0.4) is 0 Å². The molecule has 0 bridgehead atoms. The first kappa shape index (κ1) is 14.0. The maximum Gasteiger partial charge on any atom is 0.396 e. The summed E-state index contributed by atoms with van der Waals surface area (Å²) in [6.07, 6.45) is 0. The number of hydrogen-bond acceptors (Lipinski definition) is 4. The third kappa shape index (κ3) is 3.76. The molecule has 5 heteroatoms. The van der Waals surface area contributed by atoms with E-state index in [0.29, 0.717) is 6.61 Å². The van der Waals surface area contributed by atoms with Crippen molar-refractivity contribution in [2.45, 2.75) is 20.4 Å². The molecule has 0 atom stereocenters. The molecule has 0 aliphatic carbocycles. The van der Waals surface area contributed by atoms with Crippen LogP contribution < -0.4 is 10.1 Å². The van der Waals surface area contributed by atoms with E-state index in [2.05, 4.69) is 10.1 Å². The van der Waals surface area contributed by atoms with Crippen molar-refractivity contribution in [3.63, 3.8) is 0 Å². The number of methoxy groups -OCH3 is 1. The molecule has 1 amide bonds. The first-order valence-corrected chi connectivity index (χ1v) is 5.67. The van der Waals surface area contributed by atoms with E-state index in [9.17, 15) is 9.59 Å². The lowest BCUT2D eigenvalue weighted by Gasteiger charge is -2.09. The van der Waals surface area contributed by atoms with Crippen LogP contribution in [0.5, 0.6) is 5.75 Å². The van der Waals surface area contributed by atoms with Crippen molar-refractivity contribution in [2.75, 3.05) is 13.7 Å². The molecule has 0 aliphatic heterocycles. The minimum atomic E-state index is -0.891. The number of esters is 1. The number of aryl methyl sites for hydroxylation is 1. The Hall–Kier alpha value is -2.04. The van der Waals surface area contributed by atoms with Gasteiger partial charge in [0.05, 0.1) is 13.7 Å². The number of rotatable bonds is 4. The quantitative estimate of drug-likeness (QED) is 0.644. The Labute approximate surface area is 106 Å². The van der Waals surface area contributed by atoms with Crippen molar-refractivity contribution >= 4 is 11.9 Å². The Bertz CT molecular complexity index is 443. The van der Waals surface area contributed by atoms with Crippen molar-refractivity contribution in [3.8, 4) is 5.75 Å².